The maximum atomic E-state index is 12.3. The predicted octanol–water partition coefficient (Wildman–Crippen LogP) is 2.19. The number of aryl methyl sites for hydroxylation is 1. The Hall–Kier alpha value is -4.34. The number of methoxy groups -OCH3 is 1. The lowest BCUT2D eigenvalue weighted by Gasteiger charge is -2.08. The number of fused-ring (bicyclic) bond motifs is 3. The van der Waals surface area contributed by atoms with Crippen molar-refractivity contribution in [3.8, 4) is 17.1 Å². The van der Waals surface area contributed by atoms with Crippen LogP contribution in [0.3, 0.4) is 0 Å². The monoisotopic (exact) mass is 400 g/mol. The fourth-order valence-electron chi connectivity index (χ4n) is 3.12. The van der Waals surface area contributed by atoms with Gasteiger partial charge in [-0.15, -0.1) is 5.10 Å². The van der Waals surface area contributed by atoms with E-state index < -0.39 is 5.56 Å². The third-order valence-electron chi connectivity index (χ3n) is 4.57. The molecule has 5 aromatic rings. The molecule has 4 heterocycles. The number of nitrogens with zero attached hydrogens (tertiary/aromatic N) is 7. The summed E-state index contributed by atoms with van der Waals surface area (Å²) in [5.41, 5.74) is 1.88. The van der Waals surface area contributed by atoms with E-state index in [1.54, 1.807) is 40.7 Å². The molecule has 148 valence electrons. The summed E-state index contributed by atoms with van der Waals surface area (Å²) in [6, 6.07) is 10.5. The van der Waals surface area contributed by atoms with Crippen molar-refractivity contribution in [1.29, 1.82) is 0 Å². The first-order valence-corrected chi connectivity index (χ1v) is 9.08. The maximum Gasteiger partial charge on any atom is 0.293 e. The first-order valence-electron chi connectivity index (χ1n) is 9.08. The second-order valence-electron chi connectivity index (χ2n) is 6.57. The van der Waals surface area contributed by atoms with Crippen molar-refractivity contribution in [2.75, 3.05) is 12.4 Å². The van der Waals surface area contributed by atoms with Gasteiger partial charge in [-0.3, -0.25) is 9.48 Å². The van der Waals surface area contributed by atoms with Crippen molar-refractivity contribution in [3.05, 3.63) is 65.3 Å². The Morgan fingerprint density at radius 3 is 2.83 bits per heavy atom. The van der Waals surface area contributed by atoms with Crippen molar-refractivity contribution in [3.63, 3.8) is 0 Å². The van der Waals surface area contributed by atoms with Crippen LogP contribution in [-0.4, -0.2) is 41.5 Å². The zero-order chi connectivity index (χ0) is 20.7. The predicted molar refractivity (Wildman–Crippen MR) is 111 cm³/mol. The van der Waals surface area contributed by atoms with Gasteiger partial charge in [-0.05, 0) is 30.3 Å². The average molecular weight is 400 g/mol. The van der Waals surface area contributed by atoms with Gasteiger partial charge in [0.25, 0.3) is 5.56 Å². The Kier molecular flexibility index (Phi) is 4.09. The molecule has 4 aromatic heterocycles. The van der Waals surface area contributed by atoms with E-state index in [0.717, 1.165) is 10.9 Å². The molecule has 0 bridgehead atoms. The number of aromatic nitrogens is 7. The van der Waals surface area contributed by atoms with Crippen LogP contribution < -0.4 is 15.6 Å². The summed E-state index contributed by atoms with van der Waals surface area (Å²) in [5, 5.41) is 12.6. The molecule has 1 N–H and O–H groups in total. The summed E-state index contributed by atoms with van der Waals surface area (Å²) >= 11 is 0. The molecule has 0 saturated heterocycles. The van der Waals surface area contributed by atoms with E-state index in [1.165, 1.54) is 6.20 Å². The zero-order valence-corrected chi connectivity index (χ0v) is 16.1. The van der Waals surface area contributed by atoms with E-state index >= 15 is 0 Å². The molecular weight excluding hydrogens is 384 g/mol. The Morgan fingerprint density at radius 1 is 1.13 bits per heavy atom. The van der Waals surface area contributed by atoms with Gasteiger partial charge in [0.1, 0.15) is 11.4 Å². The van der Waals surface area contributed by atoms with Crippen LogP contribution in [0, 0.1) is 0 Å². The van der Waals surface area contributed by atoms with Crippen molar-refractivity contribution >= 4 is 28.2 Å². The molecule has 5 rings (SSSR count). The summed E-state index contributed by atoms with van der Waals surface area (Å²) in [4.78, 5) is 25.5. The number of nitrogens with one attached hydrogen (secondary N) is 1. The van der Waals surface area contributed by atoms with Gasteiger partial charge in [-0.25, -0.2) is 15.0 Å². The van der Waals surface area contributed by atoms with Gasteiger partial charge in [-0.2, -0.15) is 9.61 Å². The lowest BCUT2D eigenvalue weighted by atomic mass is 10.2. The molecule has 0 aliphatic carbocycles. The fourth-order valence-corrected chi connectivity index (χ4v) is 3.12. The highest BCUT2D eigenvalue weighted by Gasteiger charge is 2.17. The number of benzene rings is 1. The Morgan fingerprint density at radius 2 is 2.03 bits per heavy atom. The molecule has 0 fully saturated rings. The first kappa shape index (κ1) is 17.7. The van der Waals surface area contributed by atoms with Gasteiger partial charge in [0, 0.05) is 24.8 Å². The van der Waals surface area contributed by atoms with E-state index in [-0.39, 0.29) is 5.69 Å². The van der Waals surface area contributed by atoms with Crippen LogP contribution in [0.1, 0.15) is 0 Å². The molecule has 1 aromatic carbocycles. The summed E-state index contributed by atoms with van der Waals surface area (Å²) in [6.45, 7) is 0. The second kappa shape index (κ2) is 6.92. The number of rotatable bonds is 4. The van der Waals surface area contributed by atoms with Crippen molar-refractivity contribution < 1.29 is 4.74 Å². The number of hydrogen-bond donors (Lipinski definition) is 1. The summed E-state index contributed by atoms with van der Waals surface area (Å²) in [5.74, 6) is 1.51. The lowest BCUT2D eigenvalue weighted by molar-refractivity contribution is 0.415. The highest BCUT2D eigenvalue weighted by atomic mass is 16.5. The molecule has 30 heavy (non-hydrogen) atoms. The largest absolute Gasteiger partial charge is 0.497 e. The van der Waals surface area contributed by atoms with Crippen LogP contribution in [0.2, 0.25) is 0 Å². The van der Waals surface area contributed by atoms with Crippen molar-refractivity contribution in [2.24, 2.45) is 7.05 Å². The smallest absolute Gasteiger partial charge is 0.293 e. The summed E-state index contributed by atoms with van der Waals surface area (Å²) < 4.78 is 8.60. The molecule has 0 unspecified atom stereocenters. The van der Waals surface area contributed by atoms with E-state index in [4.69, 9.17) is 9.72 Å². The van der Waals surface area contributed by atoms with Crippen LogP contribution in [0.4, 0.5) is 11.6 Å². The van der Waals surface area contributed by atoms with E-state index in [9.17, 15) is 4.79 Å². The second-order valence-corrected chi connectivity index (χ2v) is 6.57. The minimum absolute atomic E-state index is 0.278. The fraction of sp³-hybridized carbons (Fsp3) is 0.100. The summed E-state index contributed by atoms with van der Waals surface area (Å²) in [7, 11) is 3.43. The minimum Gasteiger partial charge on any atom is -0.497 e. The van der Waals surface area contributed by atoms with Gasteiger partial charge in [0.2, 0.25) is 5.95 Å². The van der Waals surface area contributed by atoms with Crippen molar-refractivity contribution in [1.82, 2.24) is 34.3 Å². The van der Waals surface area contributed by atoms with Gasteiger partial charge >= 0.3 is 0 Å². The molecule has 10 nitrogen and oxygen atoms in total. The molecular formula is C20H16N8O2. The first-order chi connectivity index (χ1) is 14.6. The van der Waals surface area contributed by atoms with Gasteiger partial charge in [-0.1, -0.05) is 6.07 Å². The maximum absolute atomic E-state index is 12.3. The van der Waals surface area contributed by atoms with Crippen LogP contribution >= 0.6 is 0 Å². The summed E-state index contributed by atoms with van der Waals surface area (Å²) in [6.07, 6.45) is 4.96. The molecule has 10 heteroatoms. The molecule has 0 aliphatic heterocycles. The van der Waals surface area contributed by atoms with E-state index in [0.29, 0.717) is 28.7 Å². The zero-order valence-electron chi connectivity index (χ0n) is 16.1. The molecule has 0 atom stereocenters. The number of hydrogen-bond acceptors (Lipinski definition) is 8. The van der Waals surface area contributed by atoms with E-state index in [2.05, 4.69) is 25.5 Å². The van der Waals surface area contributed by atoms with Gasteiger partial charge in [0.15, 0.2) is 11.5 Å². The van der Waals surface area contributed by atoms with E-state index in [1.807, 2.05) is 31.4 Å². The average Bonchev–Trinajstić information content (AvgIpc) is 3.33. The van der Waals surface area contributed by atoms with Gasteiger partial charge in [0.05, 0.1) is 24.4 Å². The normalized spacial score (nSPS) is 11.1. The highest BCUT2D eigenvalue weighted by Crippen LogP contribution is 2.27. The SMILES string of the molecule is COc1ccc2nc(Nc3ccccnc3=O)n3nc(-c4cnn(C)c4)nc3c2c1. The quantitative estimate of drug-likeness (QED) is 0.489. The topological polar surface area (TPSA) is 112 Å². The third-order valence-corrected chi connectivity index (χ3v) is 4.57. The molecule has 0 aliphatic rings. The van der Waals surface area contributed by atoms with Crippen LogP contribution in [-0.2, 0) is 7.05 Å². The molecule has 0 spiro atoms. The minimum atomic E-state index is -0.405. The lowest BCUT2D eigenvalue weighted by Crippen LogP contribution is -2.11. The highest BCUT2D eigenvalue weighted by molar-refractivity contribution is 5.94. The molecule has 0 saturated carbocycles. The third kappa shape index (κ3) is 3.00. The molecule has 0 radical (unpaired) electrons. The van der Waals surface area contributed by atoms with Crippen LogP contribution in [0.25, 0.3) is 27.9 Å². The van der Waals surface area contributed by atoms with Crippen LogP contribution in [0.5, 0.6) is 5.75 Å². The van der Waals surface area contributed by atoms with Gasteiger partial charge < -0.3 is 10.1 Å². The molecule has 0 amide bonds. The number of anilines is 2. The van der Waals surface area contributed by atoms with Crippen molar-refractivity contribution in [2.45, 2.75) is 0 Å². The number of ether oxygens (including phenoxy) is 1. The van der Waals surface area contributed by atoms with Crippen LogP contribution in [0.15, 0.2) is 59.8 Å². The Balaban J connectivity index is 1.77. The Bertz CT molecular complexity index is 1460. The Labute approximate surface area is 169 Å². The standard InChI is InChI=1S/C20H16N8O2/c1-27-11-12(10-22-27)17-25-18-14-9-13(30-2)6-7-15(14)23-20(28(18)26-17)24-16-5-3-4-8-21-19(16)29/h3-11H,1-2H3,(H,21,23,24,29).